The van der Waals surface area contributed by atoms with E-state index in [1.54, 1.807) is 12.3 Å². The van der Waals surface area contributed by atoms with E-state index >= 15 is 0 Å². The van der Waals surface area contributed by atoms with Crippen LogP contribution in [-0.4, -0.2) is 36.8 Å². The summed E-state index contributed by atoms with van der Waals surface area (Å²) in [5.74, 6) is -0.499. The molecule has 2 aromatic carbocycles. The molecule has 0 bridgehead atoms. The lowest BCUT2D eigenvalue weighted by atomic mass is 10.0. The molecule has 0 aliphatic heterocycles. The first-order valence-corrected chi connectivity index (χ1v) is 9.46. The smallest absolute Gasteiger partial charge is 0.250 e. The summed E-state index contributed by atoms with van der Waals surface area (Å²) >= 11 is 0. The third kappa shape index (κ3) is 3.96. The van der Waals surface area contributed by atoms with Crippen molar-refractivity contribution in [3.63, 3.8) is 0 Å². The van der Waals surface area contributed by atoms with Crippen molar-refractivity contribution in [3.05, 3.63) is 48.2 Å². The summed E-state index contributed by atoms with van der Waals surface area (Å²) in [6.45, 7) is 2.76. The van der Waals surface area contributed by atoms with Crippen LogP contribution in [0.4, 0.5) is 28.4 Å². The maximum atomic E-state index is 12.2. The van der Waals surface area contributed by atoms with Crippen LogP contribution in [0.25, 0.3) is 11.3 Å². The molecule has 0 spiro atoms. The number of hydrogen-bond donors (Lipinski definition) is 5. The van der Waals surface area contributed by atoms with Crippen molar-refractivity contribution >= 4 is 34.3 Å². The molecule has 1 aromatic heterocycles. The molecule has 0 saturated carbocycles. The number of amides is 1. The molecular formula is C21H27N7O. The van der Waals surface area contributed by atoms with E-state index < -0.39 is 5.91 Å². The minimum atomic E-state index is -0.499. The van der Waals surface area contributed by atoms with E-state index in [1.807, 2.05) is 63.1 Å². The van der Waals surface area contributed by atoms with Crippen LogP contribution < -0.4 is 27.0 Å². The molecule has 8 nitrogen and oxygen atoms in total. The van der Waals surface area contributed by atoms with Crippen LogP contribution in [0.3, 0.4) is 0 Å². The van der Waals surface area contributed by atoms with E-state index in [2.05, 4.69) is 26.4 Å². The van der Waals surface area contributed by atoms with Crippen molar-refractivity contribution in [3.8, 4) is 11.3 Å². The summed E-state index contributed by atoms with van der Waals surface area (Å²) in [5, 5.41) is 17.2. The molecule has 0 saturated heterocycles. The summed E-state index contributed by atoms with van der Waals surface area (Å²) in [6, 6.07) is 11.5. The van der Waals surface area contributed by atoms with Crippen LogP contribution in [-0.2, 0) is 6.54 Å². The van der Waals surface area contributed by atoms with Gasteiger partial charge in [0.1, 0.15) is 0 Å². The van der Waals surface area contributed by atoms with Gasteiger partial charge in [-0.05, 0) is 37.3 Å². The van der Waals surface area contributed by atoms with Crippen molar-refractivity contribution in [2.24, 2.45) is 5.73 Å². The molecule has 0 aliphatic rings. The lowest BCUT2D eigenvalue weighted by Crippen LogP contribution is -2.14. The quantitative estimate of drug-likeness (QED) is 0.401. The van der Waals surface area contributed by atoms with Gasteiger partial charge in [-0.3, -0.25) is 9.48 Å². The first kappa shape index (κ1) is 20.1. The second-order valence-corrected chi connectivity index (χ2v) is 6.48. The predicted molar refractivity (Wildman–Crippen MR) is 120 cm³/mol. The molecule has 6 N–H and O–H groups in total. The number of carbonyl (C=O) groups is 1. The molecular weight excluding hydrogens is 366 g/mol. The SMILES string of the molecule is CCn1nccc1-c1ccc(Nc2c(NC)cc(NC)cc2NC)c(C(N)=O)c1. The van der Waals surface area contributed by atoms with E-state index in [9.17, 15) is 4.79 Å². The number of carbonyl (C=O) groups excluding carboxylic acids is 1. The first-order valence-electron chi connectivity index (χ1n) is 9.46. The molecule has 3 rings (SSSR count). The minimum absolute atomic E-state index is 0.410. The van der Waals surface area contributed by atoms with Gasteiger partial charge in [0, 0.05) is 45.1 Å². The number of primary amides is 1. The van der Waals surface area contributed by atoms with E-state index in [-0.39, 0.29) is 0 Å². The molecule has 29 heavy (non-hydrogen) atoms. The minimum Gasteiger partial charge on any atom is -0.388 e. The molecule has 1 amide bonds. The monoisotopic (exact) mass is 393 g/mol. The number of rotatable bonds is 8. The number of nitrogens with two attached hydrogens (primary N) is 1. The highest BCUT2D eigenvalue weighted by molar-refractivity contribution is 6.02. The molecule has 1 heterocycles. The number of nitrogens with one attached hydrogen (secondary N) is 4. The first-order chi connectivity index (χ1) is 14.0. The lowest BCUT2D eigenvalue weighted by molar-refractivity contribution is 0.100. The second-order valence-electron chi connectivity index (χ2n) is 6.48. The fraction of sp³-hybridized carbons (Fsp3) is 0.238. The van der Waals surface area contributed by atoms with Gasteiger partial charge < -0.3 is 27.0 Å². The van der Waals surface area contributed by atoms with Crippen LogP contribution in [0, 0.1) is 0 Å². The van der Waals surface area contributed by atoms with Crippen LogP contribution >= 0.6 is 0 Å². The van der Waals surface area contributed by atoms with Crippen molar-refractivity contribution in [2.75, 3.05) is 42.4 Å². The number of benzene rings is 2. The van der Waals surface area contributed by atoms with Gasteiger partial charge in [-0.15, -0.1) is 0 Å². The van der Waals surface area contributed by atoms with Gasteiger partial charge in [0.2, 0.25) is 0 Å². The number of aromatic nitrogens is 2. The highest BCUT2D eigenvalue weighted by atomic mass is 16.1. The van der Waals surface area contributed by atoms with Gasteiger partial charge >= 0.3 is 0 Å². The summed E-state index contributed by atoms with van der Waals surface area (Å²) in [5.41, 5.74) is 12.1. The number of aryl methyl sites for hydroxylation is 1. The Hall–Kier alpha value is -3.68. The van der Waals surface area contributed by atoms with Crippen molar-refractivity contribution in [1.82, 2.24) is 9.78 Å². The Balaban J connectivity index is 2.07. The third-order valence-electron chi connectivity index (χ3n) is 4.82. The zero-order valence-electron chi connectivity index (χ0n) is 17.1. The Bertz CT molecular complexity index is 1000. The van der Waals surface area contributed by atoms with Crippen LogP contribution in [0.5, 0.6) is 0 Å². The van der Waals surface area contributed by atoms with Gasteiger partial charge in [0.05, 0.1) is 34.0 Å². The molecule has 0 fully saturated rings. The maximum Gasteiger partial charge on any atom is 0.250 e. The molecule has 0 atom stereocenters. The zero-order chi connectivity index (χ0) is 21.0. The Labute approximate surface area is 170 Å². The summed E-state index contributed by atoms with van der Waals surface area (Å²) in [6.07, 6.45) is 1.75. The Morgan fingerprint density at radius 3 is 2.24 bits per heavy atom. The summed E-state index contributed by atoms with van der Waals surface area (Å²) < 4.78 is 1.88. The molecule has 152 valence electrons. The van der Waals surface area contributed by atoms with Crippen LogP contribution in [0.2, 0.25) is 0 Å². The topological polar surface area (TPSA) is 109 Å². The van der Waals surface area contributed by atoms with Gasteiger partial charge in [-0.1, -0.05) is 6.07 Å². The van der Waals surface area contributed by atoms with Crippen LogP contribution in [0.1, 0.15) is 17.3 Å². The van der Waals surface area contributed by atoms with Gasteiger partial charge in [0.25, 0.3) is 5.91 Å². The number of anilines is 5. The molecule has 0 radical (unpaired) electrons. The molecule has 8 heteroatoms. The van der Waals surface area contributed by atoms with E-state index in [4.69, 9.17) is 5.73 Å². The van der Waals surface area contributed by atoms with E-state index in [1.165, 1.54) is 0 Å². The van der Waals surface area contributed by atoms with Crippen molar-refractivity contribution in [1.29, 1.82) is 0 Å². The van der Waals surface area contributed by atoms with Gasteiger partial charge in [-0.2, -0.15) is 5.10 Å². The summed E-state index contributed by atoms with van der Waals surface area (Å²) in [4.78, 5) is 12.2. The molecule has 0 aliphatic carbocycles. The Morgan fingerprint density at radius 2 is 1.69 bits per heavy atom. The highest BCUT2D eigenvalue weighted by Crippen LogP contribution is 2.37. The Kier molecular flexibility index (Phi) is 5.92. The van der Waals surface area contributed by atoms with E-state index in [0.29, 0.717) is 11.3 Å². The van der Waals surface area contributed by atoms with Crippen LogP contribution in [0.15, 0.2) is 42.6 Å². The Morgan fingerprint density at radius 1 is 1.00 bits per heavy atom. The van der Waals surface area contributed by atoms with Crippen molar-refractivity contribution in [2.45, 2.75) is 13.5 Å². The number of hydrogen-bond acceptors (Lipinski definition) is 6. The predicted octanol–water partition coefficient (Wildman–Crippen LogP) is 3.54. The van der Waals surface area contributed by atoms with Gasteiger partial charge in [0.15, 0.2) is 0 Å². The normalized spacial score (nSPS) is 10.5. The fourth-order valence-electron chi connectivity index (χ4n) is 3.30. The van der Waals surface area contributed by atoms with Gasteiger partial charge in [-0.25, -0.2) is 0 Å². The average molecular weight is 393 g/mol. The lowest BCUT2D eigenvalue weighted by Gasteiger charge is -2.20. The molecule has 3 aromatic rings. The maximum absolute atomic E-state index is 12.2. The third-order valence-corrected chi connectivity index (χ3v) is 4.82. The fourth-order valence-corrected chi connectivity index (χ4v) is 3.30. The summed E-state index contributed by atoms with van der Waals surface area (Å²) in [7, 11) is 5.57. The highest BCUT2D eigenvalue weighted by Gasteiger charge is 2.16. The standard InChI is InChI=1S/C21H27N7O/c1-5-28-19(8-9-26-28)13-6-7-16(15(10-13)21(22)29)27-20-17(24-3)11-14(23-2)12-18(20)25-4/h6-12,23-25,27H,5H2,1-4H3,(H2,22,29). The largest absolute Gasteiger partial charge is 0.388 e. The number of nitrogens with zero attached hydrogens (tertiary/aromatic N) is 2. The zero-order valence-corrected chi connectivity index (χ0v) is 17.1. The van der Waals surface area contributed by atoms with Crippen molar-refractivity contribution < 1.29 is 4.79 Å². The molecule has 0 unspecified atom stereocenters. The average Bonchev–Trinajstić information content (AvgIpc) is 3.22. The second kappa shape index (κ2) is 8.55. The van der Waals surface area contributed by atoms with E-state index in [0.717, 1.165) is 40.6 Å².